The largest absolute Gasteiger partial charge is 0.486 e. The number of benzene rings is 1. The van der Waals surface area contributed by atoms with Gasteiger partial charge in [-0.2, -0.15) is 0 Å². The van der Waals surface area contributed by atoms with Crippen LogP contribution >= 0.6 is 0 Å². The zero-order valence-corrected chi connectivity index (χ0v) is 13.1. The van der Waals surface area contributed by atoms with Gasteiger partial charge in [-0.1, -0.05) is 6.07 Å². The van der Waals surface area contributed by atoms with Gasteiger partial charge in [-0.05, 0) is 23.8 Å². The second kappa shape index (κ2) is 7.48. The number of carbonyl (C=O) groups is 1. The molecular formula is C17H22N2O4. The van der Waals surface area contributed by atoms with Gasteiger partial charge in [-0.25, -0.2) is 0 Å². The third-order valence-electron chi connectivity index (χ3n) is 4.08. The van der Waals surface area contributed by atoms with E-state index < -0.39 is 0 Å². The highest BCUT2D eigenvalue weighted by Crippen LogP contribution is 2.31. The molecule has 1 saturated heterocycles. The Hall–Kier alpha value is -2.05. The van der Waals surface area contributed by atoms with Crippen molar-refractivity contribution in [3.63, 3.8) is 0 Å². The molecule has 1 fully saturated rings. The van der Waals surface area contributed by atoms with Gasteiger partial charge in [0.1, 0.15) is 13.2 Å². The number of ether oxygens (including phenoxy) is 2. The van der Waals surface area contributed by atoms with Crippen molar-refractivity contribution in [3.8, 4) is 11.5 Å². The maximum Gasteiger partial charge on any atom is 0.246 e. The van der Waals surface area contributed by atoms with Crippen molar-refractivity contribution < 1.29 is 19.4 Å². The summed E-state index contributed by atoms with van der Waals surface area (Å²) in [6, 6.07) is 5.67. The van der Waals surface area contributed by atoms with Crippen LogP contribution in [0.15, 0.2) is 24.3 Å². The van der Waals surface area contributed by atoms with Crippen molar-refractivity contribution in [3.05, 3.63) is 29.8 Å². The molecule has 0 saturated carbocycles. The number of hydrogen-bond acceptors (Lipinski definition) is 5. The highest BCUT2D eigenvalue weighted by molar-refractivity contribution is 5.92. The molecule has 2 aliphatic rings. The first kappa shape index (κ1) is 15.8. The zero-order valence-electron chi connectivity index (χ0n) is 13.1. The number of nitrogens with zero attached hydrogens (tertiary/aromatic N) is 2. The molecule has 1 N–H and O–H groups in total. The second-order valence-corrected chi connectivity index (χ2v) is 5.63. The highest BCUT2D eigenvalue weighted by Gasteiger charge is 2.19. The fourth-order valence-corrected chi connectivity index (χ4v) is 2.77. The molecule has 2 heterocycles. The molecule has 1 aromatic carbocycles. The molecule has 124 valence electrons. The second-order valence-electron chi connectivity index (χ2n) is 5.63. The summed E-state index contributed by atoms with van der Waals surface area (Å²) in [6.45, 7) is 4.98. The molecule has 0 aromatic heterocycles. The molecular weight excluding hydrogens is 296 g/mol. The van der Waals surface area contributed by atoms with Crippen LogP contribution in [-0.4, -0.2) is 73.4 Å². The Kier molecular flexibility index (Phi) is 5.15. The van der Waals surface area contributed by atoms with Gasteiger partial charge >= 0.3 is 0 Å². The number of hydrogen-bond donors (Lipinski definition) is 1. The van der Waals surface area contributed by atoms with Crippen molar-refractivity contribution in [2.24, 2.45) is 0 Å². The summed E-state index contributed by atoms with van der Waals surface area (Å²) >= 11 is 0. The van der Waals surface area contributed by atoms with Crippen LogP contribution in [0.5, 0.6) is 11.5 Å². The van der Waals surface area contributed by atoms with Crippen molar-refractivity contribution >= 4 is 12.0 Å². The molecule has 2 aliphatic heterocycles. The number of β-amino-alcohol motifs (C(OH)–C–C–N with tert-alkyl or cyclic N) is 1. The lowest BCUT2D eigenvalue weighted by molar-refractivity contribution is -0.127. The molecule has 0 unspecified atom stereocenters. The van der Waals surface area contributed by atoms with Crippen LogP contribution in [0.1, 0.15) is 5.56 Å². The van der Waals surface area contributed by atoms with Crippen LogP contribution in [0.2, 0.25) is 0 Å². The molecule has 0 aliphatic carbocycles. The molecule has 3 rings (SSSR count). The fourth-order valence-electron chi connectivity index (χ4n) is 2.77. The van der Waals surface area contributed by atoms with E-state index in [4.69, 9.17) is 14.6 Å². The monoisotopic (exact) mass is 318 g/mol. The number of aliphatic hydroxyl groups is 1. The minimum atomic E-state index is 0.0172. The van der Waals surface area contributed by atoms with E-state index in [1.54, 1.807) is 12.2 Å². The Balaban J connectivity index is 1.56. The number of fused-ring (bicyclic) bond motifs is 1. The van der Waals surface area contributed by atoms with Gasteiger partial charge in [-0.3, -0.25) is 9.69 Å². The first-order valence-corrected chi connectivity index (χ1v) is 7.96. The van der Waals surface area contributed by atoms with E-state index >= 15 is 0 Å². The summed E-state index contributed by atoms with van der Waals surface area (Å²) < 4.78 is 11.0. The molecule has 0 atom stereocenters. The number of piperazine rings is 1. The summed E-state index contributed by atoms with van der Waals surface area (Å²) in [7, 11) is 0. The van der Waals surface area contributed by atoms with Crippen LogP contribution in [0.25, 0.3) is 6.08 Å². The molecule has 23 heavy (non-hydrogen) atoms. The molecule has 0 bridgehead atoms. The Morgan fingerprint density at radius 3 is 2.61 bits per heavy atom. The summed E-state index contributed by atoms with van der Waals surface area (Å²) in [5.74, 6) is 1.49. The normalized spacial score (nSPS) is 18.4. The molecule has 6 heteroatoms. The summed E-state index contributed by atoms with van der Waals surface area (Å²) in [5.41, 5.74) is 0.918. The lowest BCUT2D eigenvalue weighted by atomic mass is 10.1. The lowest BCUT2D eigenvalue weighted by Gasteiger charge is -2.33. The average Bonchev–Trinajstić information content (AvgIpc) is 2.60. The Morgan fingerprint density at radius 2 is 1.87 bits per heavy atom. The van der Waals surface area contributed by atoms with E-state index in [1.807, 2.05) is 23.1 Å². The quantitative estimate of drug-likeness (QED) is 0.824. The van der Waals surface area contributed by atoms with Crippen molar-refractivity contribution in [1.29, 1.82) is 0 Å². The van der Waals surface area contributed by atoms with Gasteiger partial charge < -0.3 is 19.5 Å². The van der Waals surface area contributed by atoms with E-state index in [-0.39, 0.29) is 12.5 Å². The van der Waals surface area contributed by atoms with Gasteiger partial charge in [0.15, 0.2) is 11.5 Å². The lowest BCUT2D eigenvalue weighted by Crippen LogP contribution is -2.48. The smallest absolute Gasteiger partial charge is 0.246 e. The number of carbonyl (C=O) groups excluding carboxylic acids is 1. The van der Waals surface area contributed by atoms with Gasteiger partial charge in [-0.15, -0.1) is 0 Å². The van der Waals surface area contributed by atoms with E-state index in [1.165, 1.54) is 0 Å². The molecule has 0 radical (unpaired) electrons. The maximum atomic E-state index is 12.2. The Morgan fingerprint density at radius 1 is 1.13 bits per heavy atom. The predicted molar refractivity (Wildman–Crippen MR) is 86.6 cm³/mol. The van der Waals surface area contributed by atoms with Gasteiger partial charge in [0.05, 0.1) is 6.61 Å². The first-order chi connectivity index (χ1) is 11.3. The zero-order chi connectivity index (χ0) is 16.1. The van der Waals surface area contributed by atoms with Gasteiger partial charge in [0.2, 0.25) is 5.91 Å². The molecule has 1 aromatic rings. The van der Waals surface area contributed by atoms with Crippen molar-refractivity contribution in [2.45, 2.75) is 0 Å². The summed E-state index contributed by atoms with van der Waals surface area (Å²) in [6.07, 6.45) is 3.41. The van der Waals surface area contributed by atoms with Crippen LogP contribution < -0.4 is 9.47 Å². The van der Waals surface area contributed by atoms with Crippen LogP contribution in [0, 0.1) is 0 Å². The first-order valence-electron chi connectivity index (χ1n) is 7.96. The maximum absolute atomic E-state index is 12.2. The Labute approximate surface area is 135 Å². The summed E-state index contributed by atoms with van der Waals surface area (Å²) in [5, 5.41) is 8.94. The van der Waals surface area contributed by atoms with Crippen LogP contribution in [0.4, 0.5) is 0 Å². The summed E-state index contributed by atoms with van der Waals surface area (Å²) in [4.78, 5) is 16.2. The third kappa shape index (κ3) is 4.03. The molecule has 0 spiro atoms. The SMILES string of the molecule is O=C(/C=C/c1ccc2c(c1)OCCO2)N1CCN(CCO)CC1. The van der Waals surface area contributed by atoms with E-state index in [0.717, 1.165) is 30.2 Å². The number of amides is 1. The average molecular weight is 318 g/mol. The van der Waals surface area contributed by atoms with Gasteiger partial charge in [0.25, 0.3) is 0 Å². The van der Waals surface area contributed by atoms with Crippen LogP contribution in [0.3, 0.4) is 0 Å². The topological polar surface area (TPSA) is 62.2 Å². The van der Waals surface area contributed by atoms with Crippen LogP contribution in [-0.2, 0) is 4.79 Å². The minimum absolute atomic E-state index is 0.0172. The molecule has 6 nitrogen and oxygen atoms in total. The Bertz CT molecular complexity index is 580. The van der Waals surface area contributed by atoms with E-state index in [9.17, 15) is 4.79 Å². The van der Waals surface area contributed by atoms with E-state index in [2.05, 4.69) is 4.90 Å². The van der Waals surface area contributed by atoms with Gasteiger partial charge in [0, 0.05) is 38.8 Å². The number of aliphatic hydroxyl groups excluding tert-OH is 1. The third-order valence-corrected chi connectivity index (χ3v) is 4.08. The van der Waals surface area contributed by atoms with E-state index in [0.29, 0.717) is 32.8 Å². The minimum Gasteiger partial charge on any atom is -0.486 e. The standard InChI is InChI=1S/C17H22N2O4/c20-10-9-18-5-7-19(8-6-18)17(21)4-2-14-1-3-15-16(13-14)23-12-11-22-15/h1-4,13,20H,5-12H2/b4-2+. The highest BCUT2D eigenvalue weighted by atomic mass is 16.6. The fraction of sp³-hybridized carbons (Fsp3) is 0.471. The molecule has 1 amide bonds. The predicted octanol–water partition coefficient (Wildman–Crippen LogP) is 0.607. The number of rotatable bonds is 4. The van der Waals surface area contributed by atoms with Crippen molar-refractivity contribution in [2.75, 3.05) is 52.5 Å². The van der Waals surface area contributed by atoms with Crippen molar-refractivity contribution in [1.82, 2.24) is 9.80 Å².